The number of nitrogens with zero attached hydrogens (tertiary/aromatic N) is 5. The molecule has 2 aromatic rings. The highest BCUT2D eigenvalue weighted by molar-refractivity contribution is 7.80. The van der Waals surface area contributed by atoms with Gasteiger partial charge in [0.25, 0.3) is 0 Å². The van der Waals surface area contributed by atoms with Crippen molar-refractivity contribution in [2.75, 3.05) is 79.8 Å². The van der Waals surface area contributed by atoms with Crippen molar-refractivity contribution >= 4 is 63.8 Å². The van der Waals surface area contributed by atoms with Crippen molar-refractivity contribution in [1.29, 1.82) is 0 Å². The highest BCUT2D eigenvalue weighted by Gasteiger charge is 2.20. The topological polar surface area (TPSA) is 71.6 Å². The number of anilines is 4. The zero-order valence-electron chi connectivity index (χ0n) is 20.2. The van der Waals surface area contributed by atoms with Gasteiger partial charge in [-0.05, 0) is 63.1 Å². The van der Waals surface area contributed by atoms with E-state index in [1.807, 2.05) is 6.07 Å². The lowest BCUT2D eigenvalue weighted by Gasteiger charge is -2.22. The molecule has 4 rings (SSSR count). The summed E-state index contributed by atoms with van der Waals surface area (Å²) < 4.78 is 0. The van der Waals surface area contributed by atoms with E-state index in [1.165, 1.54) is 25.7 Å². The largest absolute Gasteiger partial charge is 0.369 e. The number of hydrogen-bond donors (Lipinski definition) is 3. The van der Waals surface area contributed by atoms with E-state index in [9.17, 15) is 0 Å². The Labute approximate surface area is 223 Å². The lowest BCUT2D eigenvalue weighted by atomic mass is 10.3. The van der Waals surface area contributed by atoms with Crippen LogP contribution in [0.15, 0.2) is 24.3 Å². The number of thiocarbonyl (C=S) groups is 1. The molecule has 8 nitrogen and oxygen atoms in total. The Bertz CT molecular complexity index is 961. The second-order valence-electron chi connectivity index (χ2n) is 9.04. The van der Waals surface area contributed by atoms with Crippen LogP contribution in [-0.4, -0.2) is 79.4 Å². The average Bonchev–Trinajstić information content (AvgIpc) is 3.56. The second-order valence-corrected chi connectivity index (χ2v) is 10.3. The predicted octanol–water partition coefficient (Wildman–Crippen LogP) is 4.31. The predicted molar refractivity (Wildman–Crippen MR) is 152 cm³/mol. The summed E-state index contributed by atoms with van der Waals surface area (Å²) >= 11 is 17.4. The number of rotatable bonds is 10. The summed E-state index contributed by atoms with van der Waals surface area (Å²) in [4.78, 5) is 16.6. The Hall–Kier alpha value is -2.07. The van der Waals surface area contributed by atoms with Crippen LogP contribution in [0.2, 0.25) is 10.0 Å². The smallest absolute Gasteiger partial charge is 0.229 e. The maximum absolute atomic E-state index is 6.06. The van der Waals surface area contributed by atoms with Crippen molar-refractivity contribution < 1.29 is 0 Å². The van der Waals surface area contributed by atoms with E-state index in [4.69, 9.17) is 45.4 Å². The van der Waals surface area contributed by atoms with Crippen molar-refractivity contribution in [3.8, 4) is 0 Å². The SMILES string of the molecule is CN(CCNC(=S)Nc1ccc(Cl)c(Cl)c1)CCNc1cc(N2CCCC2)nc(N2CCCC2)n1. The van der Waals surface area contributed by atoms with E-state index in [1.54, 1.807) is 12.1 Å². The number of hydrogen-bond acceptors (Lipinski definition) is 7. The van der Waals surface area contributed by atoms with E-state index in [2.05, 4.69) is 43.8 Å². The van der Waals surface area contributed by atoms with Crippen molar-refractivity contribution in [2.45, 2.75) is 25.7 Å². The molecule has 190 valence electrons. The third-order valence-electron chi connectivity index (χ3n) is 6.28. The van der Waals surface area contributed by atoms with Crippen molar-refractivity contribution in [1.82, 2.24) is 20.2 Å². The molecule has 35 heavy (non-hydrogen) atoms. The fourth-order valence-electron chi connectivity index (χ4n) is 4.28. The van der Waals surface area contributed by atoms with E-state index in [0.717, 1.165) is 75.6 Å². The van der Waals surface area contributed by atoms with Gasteiger partial charge in [-0.3, -0.25) is 0 Å². The normalized spacial score (nSPS) is 15.7. The van der Waals surface area contributed by atoms with Crippen LogP contribution in [0.3, 0.4) is 0 Å². The monoisotopic (exact) mass is 536 g/mol. The van der Waals surface area contributed by atoms with Gasteiger partial charge in [0.2, 0.25) is 5.95 Å². The summed E-state index contributed by atoms with van der Waals surface area (Å²) in [7, 11) is 2.10. The van der Waals surface area contributed by atoms with E-state index in [-0.39, 0.29) is 0 Å². The summed E-state index contributed by atoms with van der Waals surface area (Å²) in [6.45, 7) is 7.51. The van der Waals surface area contributed by atoms with Gasteiger partial charge in [0.05, 0.1) is 10.0 Å². The summed E-state index contributed by atoms with van der Waals surface area (Å²) in [5, 5.41) is 11.5. The molecule has 0 aliphatic carbocycles. The van der Waals surface area contributed by atoms with Crippen molar-refractivity contribution in [2.24, 2.45) is 0 Å². The summed E-state index contributed by atoms with van der Waals surface area (Å²) in [5.41, 5.74) is 0.806. The molecule has 0 radical (unpaired) electrons. The minimum Gasteiger partial charge on any atom is -0.369 e. The number of benzene rings is 1. The van der Waals surface area contributed by atoms with Gasteiger partial charge in [-0.25, -0.2) is 0 Å². The summed E-state index contributed by atoms with van der Waals surface area (Å²) in [6.07, 6.45) is 4.89. The Kier molecular flexibility index (Phi) is 9.48. The van der Waals surface area contributed by atoms with Crippen LogP contribution in [0.25, 0.3) is 0 Å². The molecule has 2 aliphatic rings. The van der Waals surface area contributed by atoms with Crippen LogP contribution in [-0.2, 0) is 0 Å². The maximum Gasteiger partial charge on any atom is 0.229 e. The molecule has 2 saturated heterocycles. The third kappa shape index (κ3) is 7.70. The first-order valence-electron chi connectivity index (χ1n) is 12.3. The van der Waals surface area contributed by atoms with Crippen LogP contribution < -0.4 is 25.8 Å². The van der Waals surface area contributed by atoms with Gasteiger partial charge in [0.1, 0.15) is 11.6 Å². The molecular formula is C24H34Cl2N8S. The Morgan fingerprint density at radius 2 is 1.63 bits per heavy atom. The van der Waals surface area contributed by atoms with Gasteiger partial charge in [-0.2, -0.15) is 9.97 Å². The maximum atomic E-state index is 6.06. The molecule has 0 saturated carbocycles. The van der Waals surface area contributed by atoms with Crippen LogP contribution in [0.5, 0.6) is 0 Å². The van der Waals surface area contributed by atoms with Crippen molar-refractivity contribution in [3.05, 3.63) is 34.3 Å². The molecular weight excluding hydrogens is 503 g/mol. The molecule has 1 aromatic heterocycles. The first-order valence-corrected chi connectivity index (χ1v) is 13.5. The van der Waals surface area contributed by atoms with Crippen LogP contribution in [0.4, 0.5) is 23.3 Å². The van der Waals surface area contributed by atoms with Gasteiger partial charge in [-0.1, -0.05) is 23.2 Å². The van der Waals surface area contributed by atoms with Gasteiger partial charge in [0, 0.05) is 64.1 Å². The molecule has 0 amide bonds. The zero-order chi connectivity index (χ0) is 24.6. The lowest BCUT2D eigenvalue weighted by Crippen LogP contribution is -2.36. The van der Waals surface area contributed by atoms with Crippen LogP contribution in [0.1, 0.15) is 25.7 Å². The van der Waals surface area contributed by atoms with Crippen LogP contribution >= 0.6 is 35.4 Å². The fourth-order valence-corrected chi connectivity index (χ4v) is 4.79. The first kappa shape index (κ1) is 26.0. The standard InChI is InChI=1S/C24H34Cl2N8S/c1-32(15-9-28-24(35)29-18-6-7-19(25)20(26)16-18)14-8-27-21-17-22(33-10-2-3-11-33)31-23(30-21)34-12-4-5-13-34/h6-7,16-17H,2-5,8-15H2,1H3,(H,27,30,31)(H2,28,29,35). The quantitative estimate of drug-likeness (QED) is 0.385. The molecule has 0 bridgehead atoms. The van der Waals surface area contributed by atoms with E-state index >= 15 is 0 Å². The molecule has 2 aliphatic heterocycles. The number of aromatic nitrogens is 2. The summed E-state index contributed by atoms with van der Waals surface area (Å²) in [6, 6.07) is 7.44. The number of nitrogens with one attached hydrogen (secondary N) is 3. The molecule has 0 spiro atoms. The number of halogens is 2. The molecule has 0 atom stereocenters. The number of likely N-dealkylation sites (N-methyl/N-ethyl adjacent to an activating group) is 1. The molecule has 11 heteroatoms. The van der Waals surface area contributed by atoms with Gasteiger partial charge >= 0.3 is 0 Å². The molecule has 3 heterocycles. The minimum absolute atomic E-state index is 0.496. The molecule has 0 unspecified atom stereocenters. The Morgan fingerprint density at radius 1 is 0.943 bits per heavy atom. The van der Waals surface area contributed by atoms with Gasteiger partial charge in [0.15, 0.2) is 5.11 Å². The highest BCUT2D eigenvalue weighted by atomic mass is 35.5. The Morgan fingerprint density at radius 3 is 2.34 bits per heavy atom. The van der Waals surface area contributed by atoms with Crippen molar-refractivity contribution in [3.63, 3.8) is 0 Å². The molecule has 1 aromatic carbocycles. The van der Waals surface area contributed by atoms with E-state index in [0.29, 0.717) is 15.2 Å². The van der Waals surface area contributed by atoms with Gasteiger partial charge in [-0.15, -0.1) is 0 Å². The average molecular weight is 538 g/mol. The molecule has 3 N–H and O–H groups in total. The second kappa shape index (κ2) is 12.8. The van der Waals surface area contributed by atoms with Crippen LogP contribution in [0, 0.1) is 0 Å². The highest BCUT2D eigenvalue weighted by Crippen LogP contribution is 2.26. The Balaban J connectivity index is 1.21. The van der Waals surface area contributed by atoms with Gasteiger partial charge < -0.3 is 30.7 Å². The zero-order valence-corrected chi connectivity index (χ0v) is 22.5. The minimum atomic E-state index is 0.496. The third-order valence-corrected chi connectivity index (χ3v) is 7.26. The first-order chi connectivity index (χ1) is 17.0. The summed E-state index contributed by atoms with van der Waals surface area (Å²) in [5.74, 6) is 2.81. The van der Waals surface area contributed by atoms with E-state index < -0.39 is 0 Å². The fraction of sp³-hybridized carbons (Fsp3) is 0.542. The lowest BCUT2D eigenvalue weighted by molar-refractivity contribution is 0.352. The molecule has 2 fully saturated rings.